The lowest BCUT2D eigenvalue weighted by atomic mass is 10.2. The molecule has 0 aliphatic heterocycles. The quantitative estimate of drug-likeness (QED) is 0.549. The number of anilines is 1. The third-order valence-corrected chi connectivity index (χ3v) is 3.43. The van der Waals surface area contributed by atoms with Gasteiger partial charge in [-0.1, -0.05) is 6.07 Å². The number of carbonyl (C=O) groups excluding carboxylic acids is 1. The maximum absolute atomic E-state index is 11.6. The molecule has 5 N–H and O–H groups in total. The van der Waals surface area contributed by atoms with E-state index in [1.807, 2.05) is 0 Å². The molecular weight excluding hydrogens is 298 g/mol. The summed E-state index contributed by atoms with van der Waals surface area (Å²) in [6.07, 6.45) is 1.06. The minimum atomic E-state index is -3.82. The van der Waals surface area contributed by atoms with Gasteiger partial charge in [-0.25, -0.2) is 18.4 Å². The van der Waals surface area contributed by atoms with Gasteiger partial charge in [0.15, 0.2) is 0 Å². The van der Waals surface area contributed by atoms with Crippen LogP contribution < -0.4 is 15.8 Å². The number of hydrogen-bond donors (Lipinski definition) is 4. The predicted molar refractivity (Wildman–Crippen MR) is 76.3 cm³/mol. The van der Waals surface area contributed by atoms with Crippen LogP contribution in [0.2, 0.25) is 0 Å². The van der Waals surface area contributed by atoms with Crippen LogP contribution in [0.5, 0.6) is 0 Å². The molecule has 1 rings (SSSR count). The van der Waals surface area contributed by atoms with E-state index in [1.165, 1.54) is 24.3 Å². The fourth-order valence-electron chi connectivity index (χ4n) is 1.53. The van der Waals surface area contributed by atoms with Gasteiger partial charge in [0.2, 0.25) is 10.0 Å². The van der Waals surface area contributed by atoms with Crippen molar-refractivity contribution in [2.75, 3.05) is 11.9 Å². The Labute approximate surface area is 122 Å². The molecule has 0 heterocycles. The van der Waals surface area contributed by atoms with Gasteiger partial charge in [0.1, 0.15) is 0 Å². The van der Waals surface area contributed by atoms with Gasteiger partial charge >= 0.3 is 12.0 Å². The summed E-state index contributed by atoms with van der Waals surface area (Å²) >= 11 is 0. The van der Waals surface area contributed by atoms with E-state index in [0.29, 0.717) is 25.1 Å². The Hall–Kier alpha value is -2.13. The minimum Gasteiger partial charge on any atom is -0.481 e. The fourth-order valence-corrected chi connectivity index (χ4v) is 2.09. The maximum atomic E-state index is 11.6. The molecule has 0 spiro atoms. The molecule has 0 aliphatic rings. The van der Waals surface area contributed by atoms with Gasteiger partial charge in [-0.05, 0) is 31.0 Å². The maximum Gasteiger partial charge on any atom is 0.319 e. The minimum absolute atomic E-state index is 0.0553. The van der Waals surface area contributed by atoms with Crippen molar-refractivity contribution in [1.29, 1.82) is 0 Å². The molecule has 0 saturated heterocycles. The molecule has 8 nitrogen and oxygen atoms in total. The molecule has 2 amide bonds. The Kier molecular flexibility index (Phi) is 6.12. The van der Waals surface area contributed by atoms with Gasteiger partial charge < -0.3 is 15.7 Å². The summed E-state index contributed by atoms with van der Waals surface area (Å²) in [7, 11) is -3.82. The van der Waals surface area contributed by atoms with Crippen LogP contribution >= 0.6 is 0 Å². The van der Waals surface area contributed by atoms with Crippen molar-refractivity contribution in [3.8, 4) is 0 Å². The lowest BCUT2D eigenvalue weighted by molar-refractivity contribution is -0.137. The molecule has 1 aromatic rings. The summed E-state index contributed by atoms with van der Waals surface area (Å²) in [5, 5.41) is 18.4. The number of nitrogens with one attached hydrogen (secondary N) is 2. The first-order chi connectivity index (χ1) is 9.79. The van der Waals surface area contributed by atoms with Gasteiger partial charge in [-0.15, -0.1) is 0 Å². The summed E-state index contributed by atoms with van der Waals surface area (Å²) < 4.78 is 22.3. The van der Waals surface area contributed by atoms with Crippen molar-refractivity contribution in [2.45, 2.75) is 24.2 Å². The Balaban J connectivity index is 2.43. The molecule has 116 valence electrons. The van der Waals surface area contributed by atoms with Gasteiger partial charge in [0.25, 0.3) is 0 Å². The lowest BCUT2D eigenvalue weighted by Crippen LogP contribution is -2.29. The third-order valence-electron chi connectivity index (χ3n) is 2.52. The van der Waals surface area contributed by atoms with Crippen LogP contribution in [0.4, 0.5) is 10.5 Å². The van der Waals surface area contributed by atoms with Crippen molar-refractivity contribution < 1.29 is 23.1 Å². The van der Waals surface area contributed by atoms with Crippen LogP contribution in [0.1, 0.15) is 19.3 Å². The number of carboxylic acids is 1. The molecule has 0 atom stereocenters. The average Bonchev–Trinajstić information content (AvgIpc) is 2.37. The second kappa shape index (κ2) is 7.60. The smallest absolute Gasteiger partial charge is 0.319 e. The highest BCUT2D eigenvalue weighted by Gasteiger charge is 2.09. The molecule has 0 aromatic heterocycles. The van der Waals surface area contributed by atoms with Gasteiger partial charge in [-0.2, -0.15) is 0 Å². The highest BCUT2D eigenvalue weighted by Crippen LogP contribution is 2.13. The molecule has 21 heavy (non-hydrogen) atoms. The normalized spacial score (nSPS) is 10.9. The third kappa shape index (κ3) is 6.72. The summed E-state index contributed by atoms with van der Waals surface area (Å²) in [6, 6.07) is 5.06. The number of unbranched alkanes of at least 4 members (excludes halogenated alkanes) is 1. The average molecular weight is 315 g/mol. The second-order valence-electron chi connectivity index (χ2n) is 4.30. The van der Waals surface area contributed by atoms with Crippen molar-refractivity contribution in [3.63, 3.8) is 0 Å². The molecule has 9 heteroatoms. The fraction of sp³-hybridized carbons (Fsp3) is 0.333. The molecule has 0 fully saturated rings. The summed E-state index contributed by atoms with van der Waals surface area (Å²) in [6.45, 7) is 0.327. The number of primary sulfonamides is 1. The van der Waals surface area contributed by atoms with Crippen LogP contribution in [0.15, 0.2) is 29.2 Å². The number of carbonyl (C=O) groups is 2. The number of nitrogens with two attached hydrogens (primary N) is 1. The summed E-state index contributed by atoms with van der Waals surface area (Å²) in [5.74, 6) is -0.876. The summed E-state index contributed by atoms with van der Waals surface area (Å²) in [5.41, 5.74) is 0.296. The van der Waals surface area contributed by atoms with Crippen LogP contribution in [0, 0.1) is 0 Å². The number of carboxylic acid groups (broad SMARTS) is 1. The largest absolute Gasteiger partial charge is 0.481 e. The number of rotatable bonds is 7. The Morgan fingerprint density at radius 3 is 2.57 bits per heavy atom. The highest BCUT2D eigenvalue weighted by molar-refractivity contribution is 7.89. The van der Waals surface area contributed by atoms with Crippen LogP contribution in [0.3, 0.4) is 0 Å². The van der Waals surface area contributed by atoms with Crippen LogP contribution in [0.25, 0.3) is 0 Å². The molecule has 0 unspecified atom stereocenters. The predicted octanol–water partition coefficient (Wildman–Crippen LogP) is 0.710. The zero-order valence-electron chi connectivity index (χ0n) is 11.2. The van der Waals surface area contributed by atoms with Crippen LogP contribution in [-0.4, -0.2) is 32.1 Å². The Morgan fingerprint density at radius 1 is 1.24 bits per heavy atom. The van der Waals surface area contributed by atoms with E-state index >= 15 is 0 Å². The molecular formula is C12H17N3O5S. The zero-order chi connectivity index (χ0) is 15.9. The lowest BCUT2D eigenvalue weighted by Gasteiger charge is -2.08. The molecule has 0 radical (unpaired) electrons. The van der Waals surface area contributed by atoms with Crippen molar-refractivity contribution in [3.05, 3.63) is 24.3 Å². The number of urea groups is 1. The van der Waals surface area contributed by atoms with Crippen molar-refractivity contribution in [2.24, 2.45) is 5.14 Å². The molecule has 0 bridgehead atoms. The topological polar surface area (TPSA) is 139 Å². The van der Waals surface area contributed by atoms with Gasteiger partial charge in [-0.3, -0.25) is 4.79 Å². The van der Waals surface area contributed by atoms with E-state index in [9.17, 15) is 18.0 Å². The number of aliphatic carboxylic acids is 1. The number of amides is 2. The van der Waals surface area contributed by atoms with Crippen molar-refractivity contribution in [1.82, 2.24) is 5.32 Å². The van der Waals surface area contributed by atoms with E-state index < -0.39 is 22.0 Å². The number of hydrogen-bond acceptors (Lipinski definition) is 4. The van der Waals surface area contributed by atoms with E-state index in [4.69, 9.17) is 10.2 Å². The first kappa shape index (κ1) is 16.9. The van der Waals surface area contributed by atoms with Crippen molar-refractivity contribution >= 4 is 27.7 Å². The molecule has 1 aromatic carbocycles. The Morgan fingerprint density at radius 2 is 1.95 bits per heavy atom. The van der Waals surface area contributed by atoms with Gasteiger partial charge in [0, 0.05) is 18.7 Å². The highest BCUT2D eigenvalue weighted by atomic mass is 32.2. The standard InChI is InChI=1S/C12H17N3O5S/c13-21(19,20)10-5-3-4-9(8-10)15-12(18)14-7-2-1-6-11(16)17/h3-5,8H,1-2,6-7H2,(H,16,17)(H2,13,19,20)(H2,14,15,18). The molecule has 0 saturated carbocycles. The first-order valence-corrected chi connectivity index (χ1v) is 7.73. The number of sulfonamides is 1. The SMILES string of the molecule is NS(=O)(=O)c1cccc(NC(=O)NCCCCC(=O)O)c1. The van der Waals surface area contributed by atoms with Gasteiger partial charge in [0.05, 0.1) is 4.90 Å². The monoisotopic (exact) mass is 315 g/mol. The Bertz CT molecular complexity index is 615. The first-order valence-electron chi connectivity index (χ1n) is 6.18. The number of benzene rings is 1. The molecule has 0 aliphatic carbocycles. The zero-order valence-corrected chi connectivity index (χ0v) is 12.0. The van der Waals surface area contributed by atoms with E-state index in [2.05, 4.69) is 10.6 Å². The van der Waals surface area contributed by atoms with E-state index in [0.717, 1.165) is 0 Å². The van der Waals surface area contributed by atoms with Crippen LogP contribution in [-0.2, 0) is 14.8 Å². The second-order valence-corrected chi connectivity index (χ2v) is 5.87. The summed E-state index contributed by atoms with van der Waals surface area (Å²) in [4.78, 5) is 21.7. The van der Waals surface area contributed by atoms with E-state index in [1.54, 1.807) is 0 Å². The van der Waals surface area contributed by atoms with E-state index in [-0.39, 0.29) is 11.3 Å².